The van der Waals surface area contributed by atoms with Crippen molar-refractivity contribution in [2.24, 2.45) is 5.73 Å². The first-order valence-corrected chi connectivity index (χ1v) is 5.60. The minimum atomic E-state index is -0.482. The highest BCUT2D eigenvalue weighted by atomic mass is 16.5. The summed E-state index contributed by atoms with van der Waals surface area (Å²) in [5.41, 5.74) is 5.72. The second-order valence-electron chi connectivity index (χ2n) is 4.07. The summed E-state index contributed by atoms with van der Waals surface area (Å²) >= 11 is 0. The topological polar surface area (TPSA) is 64.8 Å². The number of hydrogen-bond donors (Lipinski definition) is 1. The summed E-state index contributed by atoms with van der Waals surface area (Å²) in [5, 5.41) is 0. The molecule has 0 heterocycles. The molecule has 0 aliphatic carbocycles. The van der Waals surface area contributed by atoms with Gasteiger partial charge in [0.15, 0.2) is 0 Å². The fourth-order valence-electron chi connectivity index (χ4n) is 1.19. The molecule has 5 nitrogen and oxygen atoms in total. The number of ether oxygens (including phenoxy) is 2. The van der Waals surface area contributed by atoms with Crippen LogP contribution in [0.4, 0.5) is 0 Å². The van der Waals surface area contributed by atoms with Crippen LogP contribution in [0.3, 0.4) is 0 Å². The second kappa shape index (κ2) is 8.50. The molecule has 0 aliphatic heterocycles. The Bertz CT molecular complexity index is 198. The van der Waals surface area contributed by atoms with Crippen LogP contribution in [0.2, 0.25) is 0 Å². The quantitative estimate of drug-likeness (QED) is 0.651. The maximum absolute atomic E-state index is 11.7. The number of carbonyl (C=O) groups is 1. The third-order valence-corrected chi connectivity index (χ3v) is 2.20. The zero-order valence-electron chi connectivity index (χ0n) is 10.7. The first-order valence-electron chi connectivity index (χ1n) is 5.60. The summed E-state index contributed by atoms with van der Waals surface area (Å²) < 4.78 is 10.2. The largest absolute Gasteiger partial charge is 0.385 e. The van der Waals surface area contributed by atoms with E-state index in [4.69, 9.17) is 15.2 Å². The normalized spacial score (nSPS) is 12.9. The van der Waals surface area contributed by atoms with Crippen LogP contribution in [-0.2, 0) is 14.3 Å². The molecule has 0 radical (unpaired) electrons. The highest BCUT2D eigenvalue weighted by Gasteiger charge is 2.17. The van der Waals surface area contributed by atoms with Crippen molar-refractivity contribution in [1.82, 2.24) is 4.90 Å². The Hall–Kier alpha value is -0.650. The molecule has 0 rings (SSSR count). The molecule has 0 aromatic carbocycles. The molecule has 0 saturated carbocycles. The van der Waals surface area contributed by atoms with Crippen molar-refractivity contribution >= 4 is 5.91 Å². The number of amides is 1. The van der Waals surface area contributed by atoms with Gasteiger partial charge in [-0.25, -0.2) is 0 Å². The van der Waals surface area contributed by atoms with E-state index in [1.807, 2.05) is 13.8 Å². The van der Waals surface area contributed by atoms with E-state index < -0.39 is 6.04 Å². The number of nitrogens with two attached hydrogens (primary N) is 1. The minimum absolute atomic E-state index is 0.0654. The van der Waals surface area contributed by atoms with Crippen molar-refractivity contribution in [1.29, 1.82) is 0 Å². The lowest BCUT2D eigenvalue weighted by Crippen LogP contribution is -2.43. The first kappa shape index (κ1) is 15.3. The minimum Gasteiger partial charge on any atom is -0.385 e. The fourth-order valence-corrected chi connectivity index (χ4v) is 1.19. The summed E-state index contributed by atoms with van der Waals surface area (Å²) in [4.78, 5) is 13.3. The van der Waals surface area contributed by atoms with E-state index in [-0.39, 0.29) is 12.0 Å². The highest BCUT2D eigenvalue weighted by molar-refractivity contribution is 5.81. The van der Waals surface area contributed by atoms with Gasteiger partial charge in [-0.05, 0) is 20.3 Å². The van der Waals surface area contributed by atoms with Crippen molar-refractivity contribution in [2.45, 2.75) is 32.4 Å². The number of methoxy groups -OCH3 is 1. The molecule has 0 fully saturated rings. The van der Waals surface area contributed by atoms with Gasteiger partial charge >= 0.3 is 0 Å². The van der Waals surface area contributed by atoms with Crippen LogP contribution in [0.1, 0.15) is 20.3 Å². The maximum Gasteiger partial charge on any atom is 0.239 e. The Morgan fingerprint density at radius 1 is 1.38 bits per heavy atom. The summed E-state index contributed by atoms with van der Waals surface area (Å²) in [6, 6.07) is -0.482. The van der Waals surface area contributed by atoms with Crippen molar-refractivity contribution < 1.29 is 14.3 Å². The Kier molecular flexibility index (Phi) is 8.15. The van der Waals surface area contributed by atoms with Crippen LogP contribution in [0, 0.1) is 0 Å². The van der Waals surface area contributed by atoms with E-state index in [0.29, 0.717) is 26.2 Å². The van der Waals surface area contributed by atoms with E-state index in [2.05, 4.69) is 0 Å². The van der Waals surface area contributed by atoms with Gasteiger partial charge in [0.2, 0.25) is 5.91 Å². The number of hydrogen-bond acceptors (Lipinski definition) is 4. The molecule has 16 heavy (non-hydrogen) atoms. The van der Waals surface area contributed by atoms with E-state index in [9.17, 15) is 4.79 Å². The fraction of sp³-hybridized carbons (Fsp3) is 0.909. The predicted octanol–water partition coefficient (Wildman–Crippen LogP) is 0.234. The van der Waals surface area contributed by atoms with Crippen LogP contribution in [-0.4, -0.2) is 56.9 Å². The van der Waals surface area contributed by atoms with E-state index >= 15 is 0 Å². The number of nitrogens with zero attached hydrogens (tertiary/aromatic N) is 1. The lowest BCUT2D eigenvalue weighted by Gasteiger charge is -2.21. The third kappa shape index (κ3) is 6.76. The van der Waals surface area contributed by atoms with Crippen molar-refractivity contribution in [2.75, 3.05) is 33.9 Å². The zero-order chi connectivity index (χ0) is 12.6. The summed E-state index contributed by atoms with van der Waals surface area (Å²) in [7, 11) is 3.33. The molecule has 0 aromatic rings. The van der Waals surface area contributed by atoms with Crippen LogP contribution in [0.25, 0.3) is 0 Å². The van der Waals surface area contributed by atoms with Gasteiger partial charge in [0.05, 0.1) is 18.8 Å². The van der Waals surface area contributed by atoms with Gasteiger partial charge < -0.3 is 20.1 Å². The van der Waals surface area contributed by atoms with Crippen LogP contribution in [0.15, 0.2) is 0 Å². The number of likely N-dealkylation sites (N-methyl/N-ethyl adjacent to an activating group) is 1. The summed E-state index contributed by atoms with van der Waals surface area (Å²) in [5.74, 6) is -0.0654. The van der Waals surface area contributed by atoms with Gasteiger partial charge in [0.25, 0.3) is 0 Å². The first-order chi connectivity index (χ1) is 7.49. The molecule has 1 unspecified atom stereocenters. The predicted molar refractivity (Wildman–Crippen MR) is 63.2 cm³/mol. The molecule has 0 bridgehead atoms. The van der Waals surface area contributed by atoms with Gasteiger partial charge in [0.1, 0.15) is 0 Å². The molecular formula is C11H24N2O3. The van der Waals surface area contributed by atoms with Gasteiger partial charge in [-0.1, -0.05) is 0 Å². The highest BCUT2D eigenvalue weighted by Crippen LogP contribution is 1.96. The molecule has 2 N–H and O–H groups in total. The van der Waals surface area contributed by atoms with E-state index in [1.165, 1.54) is 0 Å². The van der Waals surface area contributed by atoms with Crippen LogP contribution >= 0.6 is 0 Å². The van der Waals surface area contributed by atoms with Crippen molar-refractivity contribution in [3.63, 3.8) is 0 Å². The van der Waals surface area contributed by atoms with Crippen molar-refractivity contribution in [3.05, 3.63) is 0 Å². The lowest BCUT2D eigenvalue weighted by atomic mass is 10.2. The smallest absolute Gasteiger partial charge is 0.239 e. The lowest BCUT2D eigenvalue weighted by molar-refractivity contribution is -0.132. The molecule has 0 spiro atoms. The summed E-state index contributed by atoms with van der Waals surface area (Å²) in [6.07, 6.45) is 0.732. The van der Waals surface area contributed by atoms with Crippen LogP contribution < -0.4 is 5.73 Å². The molecule has 0 saturated heterocycles. The average Bonchev–Trinajstić information content (AvgIpc) is 2.24. The Labute approximate surface area is 97.9 Å². The standard InChI is InChI=1S/C11H24N2O3/c1-9(2)16-8-6-13(3)11(14)10(12)5-7-15-4/h9-10H,5-8,12H2,1-4H3. The molecule has 0 aromatic heterocycles. The maximum atomic E-state index is 11.7. The molecule has 5 heteroatoms. The third-order valence-electron chi connectivity index (χ3n) is 2.20. The Balaban J connectivity index is 3.79. The Morgan fingerprint density at radius 3 is 2.50 bits per heavy atom. The van der Waals surface area contributed by atoms with E-state index in [0.717, 1.165) is 0 Å². The monoisotopic (exact) mass is 232 g/mol. The Morgan fingerprint density at radius 2 is 2.00 bits per heavy atom. The van der Waals surface area contributed by atoms with Gasteiger partial charge in [0, 0.05) is 27.3 Å². The molecule has 1 amide bonds. The average molecular weight is 232 g/mol. The molecule has 0 aliphatic rings. The zero-order valence-corrected chi connectivity index (χ0v) is 10.7. The number of carbonyl (C=O) groups excluding carboxylic acids is 1. The van der Waals surface area contributed by atoms with Gasteiger partial charge in [-0.3, -0.25) is 4.79 Å². The SMILES string of the molecule is COCCC(N)C(=O)N(C)CCOC(C)C. The molecule has 96 valence electrons. The molecular weight excluding hydrogens is 208 g/mol. The summed E-state index contributed by atoms with van der Waals surface area (Å²) in [6.45, 7) is 5.54. The number of rotatable bonds is 8. The molecule has 1 atom stereocenters. The van der Waals surface area contributed by atoms with Gasteiger partial charge in [-0.15, -0.1) is 0 Å². The second-order valence-corrected chi connectivity index (χ2v) is 4.07. The van der Waals surface area contributed by atoms with E-state index in [1.54, 1.807) is 19.1 Å². The van der Waals surface area contributed by atoms with Gasteiger partial charge in [-0.2, -0.15) is 0 Å². The van der Waals surface area contributed by atoms with Crippen molar-refractivity contribution in [3.8, 4) is 0 Å². The van der Waals surface area contributed by atoms with Crippen LogP contribution in [0.5, 0.6) is 0 Å².